The number of hydrogen-bond donors (Lipinski definition) is 0. The molecule has 2 fully saturated rings. The van der Waals surface area contributed by atoms with E-state index in [1.807, 2.05) is 0 Å². The number of hydrogen-bond acceptors (Lipinski definition) is 2. The summed E-state index contributed by atoms with van der Waals surface area (Å²) in [5.41, 5.74) is 2.83. The fourth-order valence-electron chi connectivity index (χ4n) is 4.16. The summed E-state index contributed by atoms with van der Waals surface area (Å²) in [6.45, 7) is 10.9. The SMILES string of the molecule is Cc1ccc(CN2CCCC(CN3CCCCC3C)C2)cc1. The van der Waals surface area contributed by atoms with Crippen molar-refractivity contribution in [2.24, 2.45) is 5.92 Å². The highest BCUT2D eigenvalue weighted by atomic mass is 15.2. The molecular weight excluding hydrogens is 268 g/mol. The average molecular weight is 300 g/mol. The predicted octanol–water partition coefficient (Wildman–Crippen LogP) is 4.08. The second-order valence-corrected chi connectivity index (χ2v) is 7.57. The van der Waals surface area contributed by atoms with Crippen LogP contribution < -0.4 is 0 Å². The third-order valence-electron chi connectivity index (χ3n) is 5.56. The summed E-state index contributed by atoms with van der Waals surface area (Å²) in [6.07, 6.45) is 7.04. The number of likely N-dealkylation sites (tertiary alicyclic amines) is 2. The van der Waals surface area contributed by atoms with Gasteiger partial charge in [0.1, 0.15) is 0 Å². The fourth-order valence-corrected chi connectivity index (χ4v) is 4.16. The minimum atomic E-state index is 0.807. The standard InChI is InChI=1S/C20H32N2/c1-17-8-10-19(11-9-17)14-21-12-5-7-20(15-21)16-22-13-4-3-6-18(22)2/h8-11,18,20H,3-7,12-16H2,1-2H3. The van der Waals surface area contributed by atoms with Crippen LogP contribution in [0.5, 0.6) is 0 Å². The lowest BCUT2D eigenvalue weighted by Gasteiger charge is -2.39. The normalized spacial score (nSPS) is 27.9. The van der Waals surface area contributed by atoms with Crippen LogP contribution in [0.1, 0.15) is 50.2 Å². The van der Waals surface area contributed by atoms with E-state index >= 15 is 0 Å². The van der Waals surface area contributed by atoms with Gasteiger partial charge in [-0.1, -0.05) is 36.2 Å². The molecule has 0 spiro atoms. The Balaban J connectivity index is 1.51. The number of piperidine rings is 2. The first-order valence-corrected chi connectivity index (χ1v) is 9.22. The Morgan fingerprint density at radius 2 is 1.82 bits per heavy atom. The van der Waals surface area contributed by atoms with Gasteiger partial charge in [0.15, 0.2) is 0 Å². The van der Waals surface area contributed by atoms with Crippen LogP contribution in [0.15, 0.2) is 24.3 Å². The van der Waals surface area contributed by atoms with Crippen molar-refractivity contribution in [3.05, 3.63) is 35.4 Å². The molecule has 0 aliphatic carbocycles. The monoisotopic (exact) mass is 300 g/mol. The maximum Gasteiger partial charge on any atom is 0.0233 e. The van der Waals surface area contributed by atoms with E-state index in [-0.39, 0.29) is 0 Å². The average Bonchev–Trinajstić information content (AvgIpc) is 2.52. The molecule has 2 saturated heterocycles. The molecule has 2 heteroatoms. The van der Waals surface area contributed by atoms with Crippen molar-refractivity contribution < 1.29 is 0 Å². The van der Waals surface area contributed by atoms with E-state index in [1.54, 1.807) is 0 Å². The zero-order valence-corrected chi connectivity index (χ0v) is 14.4. The van der Waals surface area contributed by atoms with Crippen LogP contribution in [0, 0.1) is 12.8 Å². The quantitative estimate of drug-likeness (QED) is 0.826. The molecule has 1 aromatic carbocycles. The van der Waals surface area contributed by atoms with Gasteiger partial charge in [-0.25, -0.2) is 0 Å². The van der Waals surface area contributed by atoms with Crippen LogP contribution in [0.2, 0.25) is 0 Å². The Kier molecular flexibility index (Phi) is 5.54. The van der Waals surface area contributed by atoms with Crippen LogP contribution in [-0.4, -0.2) is 42.0 Å². The number of aryl methyl sites for hydroxylation is 1. The molecule has 2 aliphatic heterocycles. The lowest BCUT2D eigenvalue weighted by Crippen LogP contribution is -2.45. The Hall–Kier alpha value is -0.860. The van der Waals surface area contributed by atoms with Crippen LogP contribution in [0.25, 0.3) is 0 Å². The van der Waals surface area contributed by atoms with Gasteiger partial charge in [0.05, 0.1) is 0 Å². The Morgan fingerprint density at radius 1 is 1.00 bits per heavy atom. The molecule has 2 heterocycles. The van der Waals surface area contributed by atoms with Gasteiger partial charge in [-0.2, -0.15) is 0 Å². The molecule has 0 amide bonds. The number of rotatable bonds is 4. The van der Waals surface area contributed by atoms with E-state index in [0.717, 1.165) is 18.5 Å². The van der Waals surface area contributed by atoms with E-state index in [4.69, 9.17) is 0 Å². The van der Waals surface area contributed by atoms with Gasteiger partial charge in [-0.05, 0) is 64.1 Å². The van der Waals surface area contributed by atoms with Gasteiger partial charge in [0, 0.05) is 25.7 Å². The fraction of sp³-hybridized carbons (Fsp3) is 0.700. The summed E-state index contributed by atoms with van der Waals surface area (Å²) >= 11 is 0. The van der Waals surface area contributed by atoms with Crippen LogP contribution in [0.3, 0.4) is 0 Å². The van der Waals surface area contributed by atoms with Gasteiger partial charge in [-0.15, -0.1) is 0 Å². The Labute approximate surface area is 136 Å². The molecule has 1 aromatic rings. The van der Waals surface area contributed by atoms with Gasteiger partial charge < -0.3 is 4.90 Å². The Morgan fingerprint density at radius 3 is 2.59 bits per heavy atom. The summed E-state index contributed by atoms with van der Waals surface area (Å²) in [7, 11) is 0. The number of benzene rings is 1. The van der Waals surface area contributed by atoms with E-state index in [2.05, 4.69) is 47.9 Å². The molecule has 2 atom stereocenters. The van der Waals surface area contributed by atoms with E-state index in [0.29, 0.717) is 0 Å². The van der Waals surface area contributed by atoms with Gasteiger partial charge in [0.2, 0.25) is 0 Å². The zero-order valence-electron chi connectivity index (χ0n) is 14.4. The molecule has 0 aromatic heterocycles. The molecule has 2 unspecified atom stereocenters. The van der Waals surface area contributed by atoms with Gasteiger partial charge >= 0.3 is 0 Å². The van der Waals surface area contributed by atoms with Crippen molar-refractivity contribution in [3.63, 3.8) is 0 Å². The zero-order chi connectivity index (χ0) is 15.4. The highest BCUT2D eigenvalue weighted by Gasteiger charge is 2.25. The molecular formula is C20H32N2. The minimum absolute atomic E-state index is 0.807. The summed E-state index contributed by atoms with van der Waals surface area (Å²) in [5.74, 6) is 0.875. The molecule has 0 radical (unpaired) electrons. The minimum Gasteiger partial charge on any atom is -0.300 e. The van der Waals surface area contributed by atoms with Crippen molar-refractivity contribution in [2.45, 2.75) is 58.5 Å². The van der Waals surface area contributed by atoms with Crippen molar-refractivity contribution in [2.75, 3.05) is 26.2 Å². The molecule has 2 aliphatic rings. The molecule has 2 nitrogen and oxygen atoms in total. The lowest BCUT2D eigenvalue weighted by molar-refractivity contribution is 0.0912. The van der Waals surface area contributed by atoms with Crippen LogP contribution in [-0.2, 0) is 6.54 Å². The predicted molar refractivity (Wildman–Crippen MR) is 94.1 cm³/mol. The largest absolute Gasteiger partial charge is 0.300 e. The third-order valence-corrected chi connectivity index (χ3v) is 5.56. The summed E-state index contributed by atoms with van der Waals surface area (Å²) in [6, 6.07) is 9.89. The first-order chi connectivity index (χ1) is 10.7. The molecule has 122 valence electrons. The van der Waals surface area contributed by atoms with E-state index in [9.17, 15) is 0 Å². The lowest BCUT2D eigenvalue weighted by atomic mass is 9.94. The molecule has 0 saturated carbocycles. The third kappa shape index (κ3) is 4.33. The van der Waals surface area contributed by atoms with Crippen molar-refractivity contribution in [1.29, 1.82) is 0 Å². The highest BCUT2D eigenvalue weighted by molar-refractivity contribution is 5.21. The maximum absolute atomic E-state index is 2.75. The molecule has 3 rings (SSSR count). The second-order valence-electron chi connectivity index (χ2n) is 7.57. The molecule has 0 N–H and O–H groups in total. The van der Waals surface area contributed by atoms with E-state index in [1.165, 1.54) is 69.4 Å². The summed E-state index contributed by atoms with van der Waals surface area (Å²) in [4.78, 5) is 5.43. The van der Waals surface area contributed by atoms with Crippen molar-refractivity contribution in [1.82, 2.24) is 9.80 Å². The van der Waals surface area contributed by atoms with E-state index < -0.39 is 0 Å². The smallest absolute Gasteiger partial charge is 0.0233 e. The topological polar surface area (TPSA) is 6.48 Å². The molecule has 22 heavy (non-hydrogen) atoms. The second kappa shape index (κ2) is 7.61. The van der Waals surface area contributed by atoms with Crippen molar-refractivity contribution in [3.8, 4) is 0 Å². The van der Waals surface area contributed by atoms with Gasteiger partial charge in [0.25, 0.3) is 0 Å². The Bertz CT molecular complexity index is 453. The number of nitrogens with zero attached hydrogens (tertiary/aromatic N) is 2. The maximum atomic E-state index is 2.75. The summed E-state index contributed by atoms with van der Waals surface area (Å²) in [5, 5.41) is 0. The highest BCUT2D eigenvalue weighted by Crippen LogP contribution is 2.23. The van der Waals surface area contributed by atoms with Crippen molar-refractivity contribution >= 4 is 0 Å². The van der Waals surface area contributed by atoms with Crippen LogP contribution >= 0.6 is 0 Å². The summed E-state index contributed by atoms with van der Waals surface area (Å²) < 4.78 is 0. The first-order valence-electron chi connectivity index (χ1n) is 9.22. The first kappa shape index (κ1) is 16.0. The molecule has 0 bridgehead atoms. The van der Waals surface area contributed by atoms with Gasteiger partial charge in [-0.3, -0.25) is 4.90 Å². The van der Waals surface area contributed by atoms with Crippen LogP contribution in [0.4, 0.5) is 0 Å².